The SMILES string of the molecule is CC(NC(=O)Nc1ccc(OCc2noc(C3CC3)n2)cc1)c1ccncc1. The van der Waals surface area contributed by atoms with Crippen molar-refractivity contribution in [3.63, 3.8) is 0 Å². The standard InChI is InChI=1S/C20H21N5O3/c1-13(14-8-10-21-11-9-14)22-20(26)23-16-4-6-17(7-5-16)27-12-18-24-19(28-25-18)15-2-3-15/h4-11,13,15H,2-3,12H2,1H3,(H2,22,23,26). The summed E-state index contributed by atoms with van der Waals surface area (Å²) in [5, 5.41) is 9.61. The molecule has 1 aliphatic carbocycles. The van der Waals surface area contributed by atoms with Gasteiger partial charge in [-0.05, 0) is 61.7 Å². The highest BCUT2D eigenvalue weighted by molar-refractivity contribution is 5.89. The Morgan fingerprint density at radius 3 is 2.68 bits per heavy atom. The van der Waals surface area contributed by atoms with Gasteiger partial charge in [-0.25, -0.2) is 4.79 Å². The van der Waals surface area contributed by atoms with Crippen LogP contribution in [-0.4, -0.2) is 21.2 Å². The van der Waals surface area contributed by atoms with E-state index in [0.717, 1.165) is 18.4 Å². The van der Waals surface area contributed by atoms with Gasteiger partial charge in [0.05, 0.1) is 6.04 Å². The molecule has 4 rings (SSSR count). The van der Waals surface area contributed by atoms with E-state index in [-0.39, 0.29) is 18.7 Å². The molecule has 0 radical (unpaired) electrons. The zero-order valence-electron chi connectivity index (χ0n) is 15.5. The van der Waals surface area contributed by atoms with Crippen LogP contribution in [0.4, 0.5) is 10.5 Å². The second kappa shape index (κ2) is 8.08. The molecule has 8 heteroatoms. The van der Waals surface area contributed by atoms with Gasteiger partial charge in [0, 0.05) is 24.0 Å². The van der Waals surface area contributed by atoms with Crippen molar-refractivity contribution < 1.29 is 14.1 Å². The molecule has 1 atom stereocenters. The van der Waals surface area contributed by atoms with E-state index in [1.807, 2.05) is 19.1 Å². The molecule has 8 nitrogen and oxygen atoms in total. The quantitative estimate of drug-likeness (QED) is 0.647. The molecule has 2 heterocycles. The lowest BCUT2D eigenvalue weighted by Gasteiger charge is -2.15. The third kappa shape index (κ3) is 4.64. The molecule has 2 aromatic heterocycles. The highest BCUT2D eigenvalue weighted by atomic mass is 16.5. The van der Waals surface area contributed by atoms with Crippen molar-refractivity contribution in [3.8, 4) is 5.75 Å². The first-order valence-electron chi connectivity index (χ1n) is 9.20. The number of anilines is 1. The third-order valence-electron chi connectivity index (χ3n) is 4.44. The van der Waals surface area contributed by atoms with Crippen LogP contribution in [0.5, 0.6) is 5.75 Å². The number of hydrogen-bond acceptors (Lipinski definition) is 6. The Kier molecular flexibility index (Phi) is 5.18. The number of nitrogens with zero attached hydrogens (tertiary/aromatic N) is 3. The van der Waals surface area contributed by atoms with Gasteiger partial charge in [0.2, 0.25) is 11.7 Å². The fourth-order valence-corrected chi connectivity index (χ4v) is 2.70. The van der Waals surface area contributed by atoms with E-state index in [9.17, 15) is 4.79 Å². The van der Waals surface area contributed by atoms with E-state index in [1.165, 1.54) is 0 Å². The van der Waals surface area contributed by atoms with E-state index in [4.69, 9.17) is 9.26 Å². The van der Waals surface area contributed by atoms with Gasteiger partial charge in [-0.1, -0.05) is 5.16 Å². The Hall–Kier alpha value is -3.42. The molecule has 1 fully saturated rings. The molecule has 1 saturated carbocycles. The Morgan fingerprint density at radius 1 is 1.21 bits per heavy atom. The average Bonchev–Trinajstić information content (AvgIpc) is 3.46. The maximum atomic E-state index is 12.2. The van der Waals surface area contributed by atoms with Crippen molar-refractivity contribution >= 4 is 11.7 Å². The largest absolute Gasteiger partial charge is 0.485 e. The minimum Gasteiger partial charge on any atom is -0.485 e. The molecule has 144 valence electrons. The fourth-order valence-electron chi connectivity index (χ4n) is 2.70. The van der Waals surface area contributed by atoms with Gasteiger partial charge in [0.15, 0.2) is 6.61 Å². The van der Waals surface area contributed by atoms with Crippen LogP contribution in [0.25, 0.3) is 0 Å². The van der Waals surface area contributed by atoms with E-state index in [1.54, 1.807) is 36.7 Å². The number of carbonyl (C=O) groups is 1. The number of urea groups is 1. The van der Waals surface area contributed by atoms with Crippen molar-refractivity contribution in [2.45, 2.75) is 38.3 Å². The molecule has 0 bridgehead atoms. The predicted molar refractivity (Wildman–Crippen MR) is 102 cm³/mol. The molecule has 1 unspecified atom stereocenters. The summed E-state index contributed by atoms with van der Waals surface area (Å²) in [6, 6.07) is 10.4. The maximum Gasteiger partial charge on any atom is 0.319 e. The Morgan fingerprint density at radius 2 is 1.96 bits per heavy atom. The number of rotatable bonds is 7. The van der Waals surface area contributed by atoms with Crippen LogP contribution in [-0.2, 0) is 6.61 Å². The molecule has 0 spiro atoms. The number of amides is 2. The zero-order valence-corrected chi connectivity index (χ0v) is 15.5. The molecule has 1 aliphatic rings. The molecule has 1 aromatic carbocycles. The summed E-state index contributed by atoms with van der Waals surface area (Å²) in [4.78, 5) is 20.5. The van der Waals surface area contributed by atoms with E-state index >= 15 is 0 Å². The first kappa shape index (κ1) is 18.0. The van der Waals surface area contributed by atoms with Gasteiger partial charge in [0.1, 0.15) is 5.75 Å². The molecule has 3 aromatic rings. The molecule has 0 saturated heterocycles. The number of aromatic nitrogens is 3. The summed E-state index contributed by atoms with van der Waals surface area (Å²) in [7, 11) is 0. The summed E-state index contributed by atoms with van der Waals surface area (Å²) in [5.41, 5.74) is 1.66. The minimum atomic E-state index is -0.280. The Bertz CT molecular complexity index is 923. The lowest BCUT2D eigenvalue weighted by molar-refractivity contribution is 0.249. The number of carbonyl (C=O) groups excluding carboxylic acids is 1. The van der Waals surface area contributed by atoms with Gasteiger partial charge < -0.3 is 19.9 Å². The van der Waals surface area contributed by atoms with Crippen LogP contribution in [0.15, 0.2) is 53.3 Å². The van der Waals surface area contributed by atoms with Crippen LogP contribution >= 0.6 is 0 Å². The summed E-state index contributed by atoms with van der Waals surface area (Å²) in [6.45, 7) is 2.16. The van der Waals surface area contributed by atoms with E-state index < -0.39 is 0 Å². The predicted octanol–water partition coefficient (Wildman–Crippen LogP) is 3.80. The smallest absolute Gasteiger partial charge is 0.319 e. The highest BCUT2D eigenvalue weighted by Gasteiger charge is 2.29. The lowest BCUT2D eigenvalue weighted by atomic mass is 10.1. The summed E-state index contributed by atoms with van der Waals surface area (Å²) in [5.74, 6) is 2.33. The summed E-state index contributed by atoms with van der Waals surface area (Å²) >= 11 is 0. The first-order valence-corrected chi connectivity index (χ1v) is 9.20. The van der Waals surface area contributed by atoms with Crippen LogP contribution < -0.4 is 15.4 Å². The second-order valence-corrected chi connectivity index (χ2v) is 6.74. The Labute approximate surface area is 162 Å². The van der Waals surface area contributed by atoms with E-state index in [2.05, 4.69) is 25.8 Å². The normalized spacial score (nSPS) is 14.3. The van der Waals surface area contributed by atoms with Gasteiger partial charge in [-0.15, -0.1) is 0 Å². The van der Waals surface area contributed by atoms with Crippen LogP contribution in [0.2, 0.25) is 0 Å². The number of hydrogen-bond donors (Lipinski definition) is 2. The van der Waals surface area contributed by atoms with Crippen LogP contribution in [0.3, 0.4) is 0 Å². The highest BCUT2D eigenvalue weighted by Crippen LogP contribution is 2.38. The van der Waals surface area contributed by atoms with Crippen molar-refractivity contribution in [1.82, 2.24) is 20.4 Å². The van der Waals surface area contributed by atoms with Crippen molar-refractivity contribution in [2.75, 3.05) is 5.32 Å². The van der Waals surface area contributed by atoms with Crippen molar-refractivity contribution in [1.29, 1.82) is 0 Å². The van der Waals surface area contributed by atoms with Gasteiger partial charge in [0.25, 0.3) is 0 Å². The van der Waals surface area contributed by atoms with Gasteiger partial charge in [-0.2, -0.15) is 4.98 Å². The number of ether oxygens (including phenoxy) is 1. The first-order chi connectivity index (χ1) is 13.7. The van der Waals surface area contributed by atoms with Gasteiger partial charge in [-0.3, -0.25) is 4.98 Å². The molecule has 28 heavy (non-hydrogen) atoms. The topological polar surface area (TPSA) is 102 Å². The van der Waals surface area contributed by atoms with Crippen LogP contribution in [0.1, 0.15) is 49.0 Å². The number of benzene rings is 1. The van der Waals surface area contributed by atoms with Crippen molar-refractivity contribution in [3.05, 3.63) is 66.1 Å². The van der Waals surface area contributed by atoms with Crippen LogP contribution in [0, 0.1) is 0 Å². The number of pyridine rings is 1. The molecule has 2 amide bonds. The molecular weight excluding hydrogens is 358 g/mol. The lowest BCUT2D eigenvalue weighted by Crippen LogP contribution is -2.31. The fraction of sp³-hybridized carbons (Fsp3) is 0.300. The summed E-state index contributed by atoms with van der Waals surface area (Å²) < 4.78 is 10.9. The number of nitrogens with one attached hydrogen (secondary N) is 2. The minimum absolute atomic E-state index is 0.124. The zero-order chi connectivity index (χ0) is 19.3. The molecule has 0 aliphatic heterocycles. The molecular formula is C20H21N5O3. The third-order valence-corrected chi connectivity index (χ3v) is 4.44. The van der Waals surface area contributed by atoms with Gasteiger partial charge >= 0.3 is 6.03 Å². The second-order valence-electron chi connectivity index (χ2n) is 6.74. The maximum absolute atomic E-state index is 12.2. The van der Waals surface area contributed by atoms with E-state index in [0.29, 0.717) is 29.1 Å². The Balaban J connectivity index is 1.26. The molecule has 2 N–H and O–H groups in total. The average molecular weight is 379 g/mol. The van der Waals surface area contributed by atoms with Crippen molar-refractivity contribution in [2.24, 2.45) is 0 Å². The summed E-state index contributed by atoms with van der Waals surface area (Å²) in [6.07, 6.45) is 5.63. The monoisotopic (exact) mass is 379 g/mol.